The van der Waals surface area contributed by atoms with E-state index < -0.39 is 18.5 Å². The van der Waals surface area contributed by atoms with E-state index in [1.165, 1.54) is 0 Å². The molecule has 2 N–H and O–H groups in total. The normalized spacial score (nSPS) is 18.2. The van der Waals surface area contributed by atoms with Gasteiger partial charge < -0.3 is 29.2 Å². The van der Waals surface area contributed by atoms with Crippen molar-refractivity contribution in [3.63, 3.8) is 0 Å². The minimum atomic E-state index is -0.685. The van der Waals surface area contributed by atoms with Crippen LogP contribution in [0, 0.1) is 5.92 Å². The van der Waals surface area contributed by atoms with Crippen LogP contribution in [0.4, 0.5) is 0 Å². The van der Waals surface area contributed by atoms with Gasteiger partial charge in [0.1, 0.15) is 0 Å². The Balaban J connectivity index is 2.28. The molecule has 1 heterocycles. The Labute approximate surface area is 328 Å². The van der Waals surface area contributed by atoms with Gasteiger partial charge in [0.25, 0.3) is 0 Å². The summed E-state index contributed by atoms with van der Waals surface area (Å²) < 4.78 is 22.8. The van der Waals surface area contributed by atoms with Gasteiger partial charge in [-0.1, -0.05) is 125 Å². The van der Waals surface area contributed by atoms with Crippen LogP contribution < -0.4 is 0 Å². The zero-order valence-electron chi connectivity index (χ0n) is 34.0. The van der Waals surface area contributed by atoms with Crippen molar-refractivity contribution < 1.29 is 38.7 Å². The van der Waals surface area contributed by atoms with Gasteiger partial charge >= 0.3 is 11.9 Å². The Bertz CT molecular complexity index is 1010. The Kier molecular flexibility index (Phi) is 33.9. The lowest BCUT2D eigenvalue weighted by molar-refractivity contribution is -0.228. The van der Waals surface area contributed by atoms with Gasteiger partial charge in [-0.05, 0) is 77.0 Å². The molecule has 0 bridgehead atoms. The number of carbonyl (C=O) groups excluding carboxylic acids is 2. The number of aliphatic hydroxyl groups is 2. The topological polar surface area (TPSA) is 112 Å². The first-order valence-electron chi connectivity index (χ1n) is 21.3. The summed E-state index contributed by atoms with van der Waals surface area (Å²) in [6.45, 7) is 4.37. The Hall–Kier alpha value is -2.78. The first-order chi connectivity index (χ1) is 26.5. The van der Waals surface area contributed by atoms with Gasteiger partial charge in [-0.3, -0.25) is 9.59 Å². The molecule has 0 aromatic carbocycles. The summed E-state index contributed by atoms with van der Waals surface area (Å²) in [5, 5.41) is 19.6. The van der Waals surface area contributed by atoms with Crippen molar-refractivity contribution in [3.05, 3.63) is 72.9 Å². The summed E-state index contributed by atoms with van der Waals surface area (Å²) in [6, 6.07) is 0. The van der Waals surface area contributed by atoms with Gasteiger partial charge in [-0.15, -0.1) is 0 Å². The van der Waals surface area contributed by atoms with Gasteiger partial charge in [0.2, 0.25) is 0 Å². The highest BCUT2D eigenvalue weighted by atomic mass is 16.7. The van der Waals surface area contributed by atoms with Crippen LogP contribution in [0.25, 0.3) is 0 Å². The molecule has 1 aliphatic rings. The van der Waals surface area contributed by atoms with Crippen LogP contribution in [0.15, 0.2) is 72.9 Å². The molecule has 1 saturated heterocycles. The molecule has 0 aliphatic carbocycles. The number of hydrogen-bond donors (Lipinski definition) is 2. The molecule has 8 heteroatoms. The van der Waals surface area contributed by atoms with E-state index in [0.717, 1.165) is 116 Å². The first-order valence-corrected chi connectivity index (χ1v) is 21.3. The van der Waals surface area contributed by atoms with Crippen LogP contribution >= 0.6 is 0 Å². The van der Waals surface area contributed by atoms with E-state index in [0.29, 0.717) is 25.7 Å². The lowest BCUT2D eigenvalue weighted by atomic mass is 10.1. The van der Waals surface area contributed by atoms with Crippen LogP contribution in [0.1, 0.15) is 155 Å². The molecule has 0 amide bonds. The highest BCUT2D eigenvalue weighted by Crippen LogP contribution is 2.21. The maximum absolute atomic E-state index is 12.5. The van der Waals surface area contributed by atoms with Crippen molar-refractivity contribution in [3.8, 4) is 0 Å². The summed E-state index contributed by atoms with van der Waals surface area (Å²) in [5.74, 6) is -0.893. The van der Waals surface area contributed by atoms with Crippen molar-refractivity contribution in [2.45, 2.75) is 174 Å². The number of rotatable bonds is 34. The lowest BCUT2D eigenvalue weighted by Gasteiger charge is -2.32. The molecule has 0 aromatic heterocycles. The molecule has 308 valence electrons. The number of ether oxygens (including phenoxy) is 4. The van der Waals surface area contributed by atoms with E-state index in [9.17, 15) is 19.8 Å². The van der Waals surface area contributed by atoms with E-state index in [2.05, 4.69) is 86.8 Å². The molecule has 1 fully saturated rings. The maximum Gasteiger partial charge on any atom is 0.305 e. The molecule has 3 atom stereocenters. The van der Waals surface area contributed by atoms with E-state index in [-0.39, 0.29) is 44.3 Å². The van der Waals surface area contributed by atoms with Gasteiger partial charge in [-0.2, -0.15) is 0 Å². The van der Waals surface area contributed by atoms with Gasteiger partial charge in [0.05, 0.1) is 44.6 Å². The quantitative estimate of drug-likeness (QED) is 0.0379. The largest absolute Gasteiger partial charge is 0.465 e. The molecule has 54 heavy (non-hydrogen) atoms. The number of esters is 2. The number of unbranched alkanes of at least 4 members (excludes halogenated alkanes) is 10. The van der Waals surface area contributed by atoms with Crippen molar-refractivity contribution in [1.29, 1.82) is 0 Å². The molecular formula is C46H76O8. The Morgan fingerprint density at radius 3 is 1.48 bits per heavy atom. The second kappa shape index (κ2) is 37.2. The van der Waals surface area contributed by atoms with Crippen LogP contribution in [-0.2, 0) is 28.5 Å². The molecule has 1 aliphatic heterocycles. The summed E-state index contributed by atoms with van der Waals surface area (Å²) in [5.41, 5.74) is 0. The van der Waals surface area contributed by atoms with E-state index >= 15 is 0 Å². The third-order valence-corrected chi connectivity index (χ3v) is 9.09. The number of aliphatic hydroxyl groups excluding tert-OH is 2. The third-order valence-electron chi connectivity index (χ3n) is 9.09. The molecule has 8 nitrogen and oxygen atoms in total. The smallest absolute Gasteiger partial charge is 0.305 e. The first kappa shape index (κ1) is 49.2. The third kappa shape index (κ3) is 31.6. The predicted molar refractivity (Wildman–Crippen MR) is 221 cm³/mol. The monoisotopic (exact) mass is 757 g/mol. The fraction of sp³-hybridized carbons (Fsp3) is 0.696. The summed E-state index contributed by atoms with van der Waals surface area (Å²) in [4.78, 5) is 25.1. The highest BCUT2D eigenvalue weighted by Gasteiger charge is 2.29. The molecular weight excluding hydrogens is 680 g/mol. The van der Waals surface area contributed by atoms with Gasteiger partial charge in [0.15, 0.2) is 6.29 Å². The molecule has 0 saturated carbocycles. The molecule has 1 rings (SSSR count). The predicted octanol–water partition coefficient (Wildman–Crippen LogP) is 10.7. The fourth-order valence-corrected chi connectivity index (χ4v) is 5.90. The molecule has 3 unspecified atom stereocenters. The summed E-state index contributed by atoms with van der Waals surface area (Å²) in [7, 11) is 0. The van der Waals surface area contributed by atoms with Crippen molar-refractivity contribution in [1.82, 2.24) is 0 Å². The molecule has 0 spiro atoms. The average Bonchev–Trinajstić information content (AvgIpc) is 3.17. The maximum atomic E-state index is 12.5. The standard InChI is InChI=1S/C46H76O8/c1-3-5-7-9-11-13-15-17-19-21-23-25-27-29-31-33-44(49)51-38-41(40-53-46-36-42(48)35-43(37-47)54-46)39-52-45(50)34-32-30-28-26-24-22-20-18-16-14-12-10-8-6-4-2/h5-8,11-14,17-20,41-43,46-48H,3-4,9-10,15-16,21-40H2,1-2H3/b7-5-,8-6-,13-11-,14-12-,19-17-,20-18-. The average molecular weight is 757 g/mol. The fourth-order valence-electron chi connectivity index (χ4n) is 5.90. The Morgan fingerprint density at radius 2 is 1.02 bits per heavy atom. The highest BCUT2D eigenvalue weighted by molar-refractivity contribution is 5.69. The van der Waals surface area contributed by atoms with Crippen LogP contribution in [0.2, 0.25) is 0 Å². The van der Waals surface area contributed by atoms with Crippen molar-refractivity contribution in [2.24, 2.45) is 5.92 Å². The number of carbonyl (C=O) groups is 2. The second-order valence-corrected chi connectivity index (χ2v) is 14.3. The minimum Gasteiger partial charge on any atom is -0.465 e. The lowest BCUT2D eigenvalue weighted by Crippen LogP contribution is -2.40. The SMILES string of the molecule is CC/C=C\C/C=C\C/C=C\CCCCCCCC(=O)OCC(COC(=O)CCCCCCC/C=C\C/C=C\C/C=C\CC)COC1CC(O)CC(CO)O1. The van der Waals surface area contributed by atoms with Gasteiger partial charge in [-0.25, -0.2) is 0 Å². The molecule has 0 radical (unpaired) electrons. The summed E-state index contributed by atoms with van der Waals surface area (Å²) in [6.07, 6.45) is 44.7. The van der Waals surface area contributed by atoms with Crippen molar-refractivity contribution in [2.75, 3.05) is 26.4 Å². The van der Waals surface area contributed by atoms with Crippen LogP contribution in [0.5, 0.6) is 0 Å². The van der Waals surface area contributed by atoms with E-state index in [1.807, 2.05) is 0 Å². The summed E-state index contributed by atoms with van der Waals surface area (Å²) >= 11 is 0. The number of hydrogen-bond acceptors (Lipinski definition) is 8. The van der Waals surface area contributed by atoms with E-state index in [4.69, 9.17) is 18.9 Å². The van der Waals surface area contributed by atoms with Crippen molar-refractivity contribution >= 4 is 11.9 Å². The van der Waals surface area contributed by atoms with E-state index in [1.54, 1.807) is 0 Å². The van der Waals surface area contributed by atoms with Gasteiger partial charge in [0, 0.05) is 25.7 Å². The zero-order valence-corrected chi connectivity index (χ0v) is 34.0. The van der Waals surface area contributed by atoms with Crippen LogP contribution in [-0.4, -0.2) is 67.1 Å². The second-order valence-electron chi connectivity index (χ2n) is 14.3. The minimum absolute atomic E-state index is 0.0722. The van der Waals surface area contributed by atoms with Crippen LogP contribution in [0.3, 0.4) is 0 Å². The molecule has 0 aromatic rings. The Morgan fingerprint density at radius 1 is 0.593 bits per heavy atom. The number of allylic oxidation sites excluding steroid dienone is 12. The zero-order chi connectivity index (χ0) is 39.2.